The highest BCUT2D eigenvalue weighted by molar-refractivity contribution is 9.10. The lowest BCUT2D eigenvalue weighted by Gasteiger charge is -2.28. The van der Waals surface area contributed by atoms with Gasteiger partial charge in [-0.05, 0) is 100.0 Å². The van der Waals surface area contributed by atoms with Gasteiger partial charge < -0.3 is 18.8 Å². The van der Waals surface area contributed by atoms with Crippen molar-refractivity contribution in [3.63, 3.8) is 0 Å². The van der Waals surface area contributed by atoms with Crippen LogP contribution in [0.15, 0.2) is 33.4 Å². The lowest BCUT2D eigenvalue weighted by atomic mass is 9.85. The second-order valence-corrected chi connectivity index (χ2v) is 11.1. The van der Waals surface area contributed by atoms with Crippen molar-refractivity contribution in [1.29, 1.82) is 0 Å². The fourth-order valence-electron chi connectivity index (χ4n) is 3.90. The van der Waals surface area contributed by atoms with Gasteiger partial charge in [-0.2, -0.15) is 0 Å². The van der Waals surface area contributed by atoms with Gasteiger partial charge in [-0.3, -0.25) is 4.79 Å². The monoisotopic (exact) mass is 493 g/mol. The van der Waals surface area contributed by atoms with E-state index in [0.29, 0.717) is 19.5 Å². The molecule has 2 atom stereocenters. The van der Waals surface area contributed by atoms with Crippen LogP contribution in [0, 0.1) is 11.8 Å². The smallest absolute Gasteiger partial charge is 0.410 e. The van der Waals surface area contributed by atoms with E-state index in [2.05, 4.69) is 15.9 Å². The Morgan fingerprint density at radius 3 is 2.48 bits per heavy atom. The van der Waals surface area contributed by atoms with Crippen molar-refractivity contribution in [2.24, 2.45) is 11.8 Å². The van der Waals surface area contributed by atoms with E-state index in [0.717, 1.165) is 27.4 Å². The molecule has 6 nitrogen and oxygen atoms in total. The zero-order chi connectivity index (χ0) is 23.0. The number of rotatable bonds is 4. The third kappa shape index (κ3) is 6.25. The van der Waals surface area contributed by atoms with Gasteiger partial charge in [-0.1, -0.05) is 0 Å². The molecule has 1 aromatic carbocycles. The summed E-state index contributed by atoms with van der Waals surface area (Å²) in [6.45, 7) is 12.2. The zero-order valence-electron chi connectivity index (χ0n) is 19.2. The summed E-state index contributed by atoms with van der Waals surface area (Å²) >= 11 is 3.56. The predicted molar refractivity (Wildman–Crippen MR) is 123 cm³/mol. The van der Waals surface area contributed by atoms with Crippen LogP contribution in [0.25, 0.3) is 11.0 Å². The normalized spacial score (nSPS) is 18.3. The maximum Gasteiger partial charge on any atom is 0.410 e. The molecule has 0 saturated carbocycles. The molecule has 0 radical (unpaired) electrons. The van der Waals surface area contributed by atoms with Crippen LogP contribution in [0.1, 0.15) is 53.5 Å². The van der Waals surface area contributed by atoms with Gasteiger partial charge in [0.15, 0.2) is 0 Å². The molecule has 0 spiro atoms. The summed E-state index contributed by atoms with van der Waals surface area (Å²) in [5.41, 5.74) is 0.682. The Kier molecular flexibility index (Phi) is 6.75. The highest BCUT2D eigenvalue weighted by atomic mass is 79.9. The maximum absolute atomic E-state index is 13.2. The van der Waals surface area contributed by atoms with E-state index in [9.17, 15) is 9.59 Å². The Morgan fingerprint density at radius 1 is 1.16 bits per heavy atom. The van der Waals surface area contributed by atoms with Gasteiger partial charge in [0.05, 0.1) is 16.7 Å². The molecule has 7 heteroatoms. The molecule has 3 rings (SSSR count). The summed E-state index contributed by atoms with van der Waals surface area (Å²) in [6.07, 6.45) is 2.58. The molecule has 0 unspecified atom stereocenters. The van der Waals surface area contributed by atoms with E-state index in [1.165, 1.54) is 0 Å². The number of carbonyl (C=O) groups is 2. The van der Waals surface area contributed by atoms with Crippen molar-refractivity contribution in [1.82, 2.24) is 4.90 Å². The van der Waals surface area contributed by atoms with Gasteiger partial charge in [-0.25, -0.2) is 4.79 Å². The van der Waals surface area contributed by atoms with E-state index < -0.39 is 11.2 Å². The molecule has 1 aliphatic rings. The highest BCUT2D eigenvalue weighted by Crippen LogP contribution is 2.33. The van der Waals surface area contributed by atoms with Crippen molar-refractivity contribution in [2.45, 2.75) is 65.6 Å². The lowest BCUT2D eigenvalue weighted by Crippen LogP contribution is -2.38. The van der Waals surface area contributed by atoms with Gasteiger partial charge in [0.25, 0.3) is 0 Å². The highest BCUT2D eigenvalue weighted by Gasteiger charge is 2.39. The summed E-state index contributed by atoms with van der Waals surface area (Å²) < 4.78 is 17.6. The number of esters is 1. The third-order valence-electron chi connectivity index (χ3n) is 5.18. The molecule has 1 aromatic heterocycles. The maximum atomic E-state index is 13.2. The van der Waals surface area contributed by atoms with Gasteiger partial charge in [0, 0.05) is 18.5 Å². The molecule has 0 bridgehead atoms. The first-order chi connectivity index (χ1) is 14.3. The quantitative estimate of drug-likeness (QED) is 0.491. The predicted octanol–water partition coefficient (Wildman–Crippen LogP) is 5.95. The molecule has 31 heavy (non-hydrogen) atoms. The summed E-state index contributed by atoms with van der Waals surface area (Å²) in [5.74, 6) is -0.587. The summed E-state index contributed by atoms with van der Waals surface area (Å²) in [7, 11) is 0. The van der Waals surface area contributed by atoms with Crippen LogP contribution in [-0.4, -0.2) is 41.3 Å². The van der Waals surface area contributed by atoms with Crippen molar-refractivity contribution < 1.29 is 23.5 Å². The van der Waals surface area contributed by atoms with Crippen molar-refractivity contribution in [3.05, 3.63) is 34.5 Å². The minimum Gasteiger partial charge on any atom is -0.463 e. The lowest BCUT2D eigenvalue weighted by molar-refractivity contribution is -0.161. The number of benzene rings is 1. The molecule has 1 aliphatic heterocycles. The van der Waals surface area contributed by atoms with Crippen LogP contribution in [0.4, 0.5) is 4.79 Å². The number of fused-ring (bicyclic) bond motifs is 1. The number of hydrogen-bond acceptors (Lipinski definition) is 5. The molecule has 1 amide bonds. The Balaban J connectivity index is 1.81. The molecule has 1 fully saturated rings. The molecule has 170 valence electrons. The second-order valence-electron chi connectivity index (χ2n) is 10.2. The zero-order valence-corrected chi connectivity index (χ0v) is 20.7. The van der Waals surface area contributed by atoms with Crippen LogP contribution in [0.3, 0.4) is 0 Å². The van der Waals surface area contributed by atoms with E-state index in [1.807, 2.05) is 59.7 Å². The molecular weight excluding hydrogens is 462 g/mol. The number of ether oxygens (including phenoxy) is 2. The first-order valence-corrected chi connectivity index (χ1v) is 11.5. The van der Waals surface area contributed by atoms with Gasteiger partial charge >= 0.3 is 12.1 Å². The topological polar surface area (TPSA) is 69.0 Å². The van der Waals surface area contributed by atoms with Gasteiger partial charge in [0.2, 0.25) is 0 Å². The SMILES string of the molecule is CC(C)(C)OC(=O)[C@@H](Cc1cc(Br)c2occc2c1)[C@H]1CCN(C(=O)OC(C)(C)C)C1. The summed E-state index contributed by atoms with van der Waals surface area (Å²) in [4.78, 5) is 27.4. The minimum atomic E-state index is -0.576. The van der Waals surface area contributed by atoms with E-state index in [1.54, 1.807) is 11.2 Å². The fraction of sp³-hybridized carbons (Fsp3) is 0.583. The Bertz CT molecular complexity index is 953. The second kappa shape index (κ2) is 8.85. The van der Waals surface area contributed by atoms with Gasteiger partial charge in [-0.15, -0.1) is 0 Å². The van der Waals surface area contributed by atoms with Crippen molar-refractivity contribution >= 4 is 39.0 Å². The fourth-order valence-corrected chi connectivity index (χ4v) is 4.51. The van der Waals surface area contributed by atoms with Crippen LogP contribution in [-0.2, 0) is 20.7 Å². The number of halogens is 1. The Morgan fingerprint density at radius 2 is 1.84 bits per heavy atom. The largest absolute Gasteiger partial charge is 0.463 e. The van der Waals surface area contributed by atoms with Crippen molar-refractivity contribution in [2.75, 3.05) is 13.1 Å². The number of nitrogens with zero attached hydrogens (tertiary/aromatic N) is 1. The number of furan rings is 1. The Hall–Kier alpha value is -2.02. The third-order valence-corrected chi connectivity index (χ3v) is 5.77. The average molecular weight is 494 g/mol. The molecule has 2 aromatic rings. The Labute approximate surface area is 192 Å². The van der Waals surface area contributed by atoms with Gasteiger partial charge in [0.1, 0.15) is 16.8 Å². The standard InChI is InChI=1S/C24H32BrNO5/c1-23(2,3)30-21(27)18(12-15-11-16-8-10-29-20(16)19(25)13-15)17-7-9-26(14-17)22(28)31-24(4,5)6/h8,10-11,13,17-18H,7,9,12,14H2,1-6H3/t17-,18-/m0/s1. The molecule has 2 heterocycles. The van der Waals surface area contributed by atoms with Crippen LogP contribution < -0.4 is 0 Å². The first-order valence-electron chi connectivity index (χ1n) is 10.7. The average Bonchev–Trinajstić information content (AvgIpc) is 3.26. The van der Waals surface area contributed by atoms with E-state index in [-0.39, 0.29) is 23.9 Å². The summed E-state index contributed by atoms with van der Waals surface area (Å²) in [5, 5.41) is 0.981. The summed E-state index contributed by atoms with van der Waals surface area (Å²) in [6, 6.07) is 5.94. The minimum absolute atomic E-state index is 0.00110. The molecule has 0 N–H and O–H groups in total. The number of hydrogen-bond donors (Lipinski definition) is 0. The molecule has 1 saturated heterocycles. The van der Waals surface area contributed by atoms with Crippen LogP contribution in [0.2, 0.25) is 0 Å². The van der Waals surface area contributed by atoms with Crippen LogP contribution in [0.5, 0.6) is 0 Å². The van der Waals surface area contributed by atoms with Crippen molar-refractivity contribution in [3.8, 4) is 0 Å². The van der Waals surface area contributed by atoms with E-state index in [4.69, 9.17) is 13.9 Å². The molecular formula is C24H32BrNO5. The number of carbonyl (C=O) groups excluding carboxylic acids is 2. The molecule has 0 aliphatic carbocycles. The first kappa shape index (κ1) is 23.6. The number of amides is 1. The van der Waals surface area contributed by atoms with Crippen LogP contribution >= 0.6 is 15.9 Å². The van der Waals surface area contributed by atoms with E-state index >= 15 is 0 Å². The number of likely N-dealkylation sites (tertiary alicyclic amines) is 1.